The van der Waals surface area contributed by atoms with Gasteiger partial charge in [0.05, 0.1) is 5.60 Å². The van der Waals surface area contributed by atoms with Crippen molar-refractivity contribution in [1.82, 2.24) is 0 Å². The predicted octanol–water partition coefficient (Wildman–Crippen LogP) is 2.97. The predicted molar refractivity (Wildman–Crippen MR) is 62.4 cm³/mol. The van der Waals surface area contributed by atoms with Crippen LogP contribution in [0.5, 0.6) is 0 Å². The Bertz CT molecular complexity index is 100. The van der Waals surface area contributed by atoms with Crippen molar-refractivity contribution in [2.24, 2.45) is 5.41 Å². The Balaban J connectivity index is 0. The van der Waals surface area contributed by atoms with E-state index in [9.17, 15) is 0 Å². The van der Waals surface area contributed by atoms with Gasteiger partial charge in [0.1, 0.15) is 0 Å². The largest absolute Gasteiger partial charge is 0.396 e. The van der Waals surface area contributed by atoms with E-state index in [1.165, 1.54) is 0 Å². The lowest BCUT2D eigenvalue weighted by atomic mass is 9.92. The van der Waals surface area contributed by atoms with Gasteiger partial charge in [-0.3, -0.25) is 0 Å². The third-order valence-corrected chi connectivity index (χ3v) is 2.91. The van der Waals surface area contributed by atoms with Gasteiger partial charge in [0.15, 0.2) is 0 Å². The molecule has 0 saturated carbocycles. The molecule has 0 aliphatic heterocycles. The maximum atomic E-state index is 9.13. The van der Waals surface area contributed by atoms with Gasteiger partial charge in [-0.2, -0.15) is 0 Å². The summed E-state index contributed by atoms with van der Waals surface area (Å²) < 4.78 is 0. The van der Waals surface area contributed by atoms with Crippen LogP contribution in [-0.4, -0.2) is 22.4 Å². The summed E-state index contributed by atoms with van der Waals surface area (Å²) in [7, 11) is 0. The molecule has 0 aromatic heterocycles. The summed E-state index contributed by atoms with van der Waals surface area (Å²) in [5.41, 5.74) is -0.278. The molecule has 0 aromatic rings. The normalized spacial score (nSPS) is 12.0. The first-order chi connectivity index (χ1) is 6.24. The standard InChI is InChI=1S/2C6H14O/c1-4-6(2,3)5-7;1-4-6(3,7)5-2/h2*7H,4-5H2,1-3H3. The van der Waals surface area contributed by atoms with Gasteiger partial charge in [-0.25, -0.2) is 0 Å². The van der Waals surface area contributed by atoms with E-state index < -0.39 is 5.60 Å². The monoisotopic (exact) mass is 204 g/mol. The van der Waals surface area contributed by atoms with E-state index in [2.05, 4.69) is 6.92 Å². The van der Waals surface area contributed by atoms with Crippen molar-refractivity contribution in [3.63, 3.8) is 0 Å². The first-order valence-corrected chi connectivity index (χ1v) is 5.58. The van der Waals surface area contributed by atoms with Crippen molar-refractivity contribution in [3.05, 3.63) is 0 Å². The molecule has 0 radical (unpaired) electrons. The molecule has 0 fully saturated rings. The van der Waals surface area contributed by atoms with Crippen molar-refractivity contribution in [1.29, 1.82) is 0 Å². The fraction of sp³-hybridized carbons (Fsp3) is 1.00. The average Bonchev–Trinajstić information content (AvgIpc) is 2.19. The third-order valence-electron chi connectivity index (χ3n) is 2.91. The molecule has 0 amide bonds. The highest BCUT2D eigenvalue weighted by Crippen LogP contribution is 2.16. The van der Waals surface area contributed by atoms with Gasteiger partial charge in [-0.05, 0) is 31.6 Å². The Morgan fingerprint density at radius 1 is 0.857 bits per heavy atom. The van der Waals surface area contributed by atoms with Gasteiger partial charge in [0.2, 0.25) is 0 Å². The molecule has 0 aliphatic carbocycles. The van der Waals surface area contributed by atoms with E-state index in [-0.39, 0.29) is 5.41 Å². The van der Waals surface area contributed by atoms with Gasteiger partial charge in [0.25, 0.3) is 0 Å². The van der Waals surface area contributed by atoms with Crippen LogP contribution in [0, 0.1) is 5.41 Å². The smallest absolute Gasteiger partial charge is 0.0614 e. The van der Waals surface area contributed by atoms with Crippen LogP contribution in [0.15, 0.2) is 0 Å². The Hall–Kier alpha value is -0.0800. The lowest BCUT2D eigenvalue weighted by Gasteiger charge is -2.17. The molecule has 0 aromatic carbocycles. The van der Waals surface area contributed by atoms with Crippen LogP contribution in [-0.2, 0) is 0 Å². The zero-order valence-electron chi connectivity index (χ0n) is 10.7. The molecule has 88 valence electrons. The Morgan fingerprint density at radius 2 is 1.21 bits per heavy atom. The van der Waals surface area contributed by atoms with Crippen molar-refractivity contribution in [2.45, 2.75) is 66.4 Å². The Labute approximate surface area is 89.3 Å². The minimum absolute atomic E-state index is 0.139. The van der Waals surface area contributed by atoms with Crippen LogP contribution >= 0.6 is 0 Å². The van der Waals surface area contributed by atoms with Crippen molar-refractivity contribution in [3.8, 4) is 0 Å². The first-order valence-electron chi connectivity index (χ1n) is 5.58. The zero-order chi connectivity index (χ0) is 11.8. The second-order valence-electron chi connectivity index (χ2n) is 4.88. The molecule has 0 bridgehead atoms. The minimum Gasteiger partial charge on any atom is -0.396 e. The second kappa shape index (κ2) is 7.24. The van der Waals surface area contributed by atoms with Gasteiger partial charge in [0, 0.05) is 6.61 Å². The fourth-order valence-corrected chi connectivity index (χ4v) is 0.362. The van der Waals surface area contributed by atoms with Crippen LogP contribution in [0.2, 0.25) is 0 Å². The van der Waals surface area contributed by atoms with Gasteiger partial charge in [-0.1, -0.05) is 34.6 Å². The minimum atomic E-state index is -0.417. The van der Waals surface area contributed by atoms with E-state index in [0.717, 1.165) is 19.3 Å². The van der Waals surface area contributed by atoms with Crippen LogP contribution in [0.4, 0.5) is 0 Å². The summed E-state index contributed by atoms with van der Waals surface area (Å²) in [5, 5.41) is 17.7. The summed E-state index contributed by atoms with van der Waals surface area (Å²) in [6.45, 7) is 12.3. The topological polar surface area (TPSA) is 40.5 Å². The molecular formula is C12H28O2. The van der Waals surface area contributed by atoms with Gasteiger partial charge < -0.3 is 10.2 Å². The first kappa shape index (κ1) is 16.4. The lowest BCUT2D eigenvalue weighted by molar-refractivity contribution is 0.0521. The van der Waals surface area contributed by atoms with Crippen molar-refractivity contribution in [2.75, 3.05) is 6.61 Å². The molecule has 2 N–H and O–H groups in total. The van der Waals surface area contributed by atoms with E-state index in [4.69, 9.17) is 10.2 Å². The zero-order valence-corrected chi connectivity index (χ0v) is 10.7. The van der Waals surface area contributed by atoms with Crippen LogP contribution in [0.25, 0.3) is 0 Å². The summed E-state index contributed by atoms with van der Waals surface area (Å²) in [4.78, 5) is 0. The molecule has 0 saturated heterocycles. The van der Waals surface area contributed by atoms with E-state index >= 15 is 0 Å². The fourth-order valence-electron chi connectivity index (χ4n) is 0.362. The maximum absolute atomic E-state index is 9.13. The molecule has 2 nitrogen and oxygen atoms in total. The SMILES string of the molecule is CCC(C)(C)CO.CCC(C)(O)CC. The number of rotatable bonds is 4. The number of aliphatic hydroxyl groups excluding tert-OH is 1. The molecular weight excluding hydrogens is 176 g/mol. The highest BCUT2D eigenvalue weighted by molar-refractivity contribution is 4.65. The molecule has 0 aliphatic rings. The van der Waals surface area contributed by atoms with Crippen LogP contribution < -0.4 is 0 Å². The summed E-state index contributed by atoms with van der Waals surface area (Å²) >= 11 is 0. The van der Waals surface area contributed by atoms with Crippen LogP contribution in [0.3, 0.4) is 0 Å². The molecule has 0 atom stereocenters. The van der Waals surface area contributed by atoms with Gasteiger partial charge >= 0.3 is 0 Å². The summed E-state index contributed by atoms with van der Waals surface area (Å²) in [6, 6.07) is 0. The third kappa shape index (κ3) is 10.0. The molecule has 0 rings (SSSR count). The van der Waals surface area contributed by atoms with E-state index in [0.29, 0.717) is 6.61 Å². The second-order valence-corrected chi connectivity index (χ2v) is 4.88. The number of hydrogen-bond acceptors (Lipinski definition) is 2. The average molecular weight is 204 g/mol. The van der Waals surface area contributed by atoms with Gasteiger partial charge in [-0.15, -0.1) is 0 Å². The highest BCUT2D eigenvalue weighted by atomic mass is 16.3. The molecule has 14 heavy (non-hydrogen) atoms. The quantitative estimate of drug-likeness (QED) is 0.739. The van der Waals surface area contributed by atoms with Crippen molar-refractivity contribution < 1.29 is 10.2 Å². The molecule has 2 heteroatoms. The molecule has 0 unspecified atom stereocenters. The van der Waals surface area contributed by atoms with E-state index in [1.54, 1.807) is 0 Å². The van der Waals surface area contributed by atoms with E-state index in [1.807, 2.05) is 34.6 Å². The lowest BCUT2D eigenvalue weighted by Crippen LogP contribution is -2.20. The Kier molecular flexibility index (Phi) is 8.46. The number of hydrogen-bond donors (Lipinski definition) is 2. The van der Waals surface area contributed by atoms with Crippen LogP contribution in [0.1, 0.15) is 60.8 Å². The highest BCUT2D eigenvalue weighted by Gasteiger charge is 2.12. The molecule has 0 heterocycles. The maximum Gasteiger partial charge on any atom is 0.0614 e. The van der Waals surface area contributed by atoms with Crippen molar-refractivity contribution >= 4 is 0 Å². The Morgan fingerprint density at radius 3 is 1.21 bits per heavy atom. The number of aliphatic hydroxyl groups is 2. The summed E-state index contributed by atoms with van der Waals surface area (Å²) in [5.74, 6) is 0. The summed E-state index contributed by atoms with van der Waals surface area (Å²) in [6.07, 6.45) is 2.75. The molecule has 0 spiro atoms.